The highest BCUT2D eigenvalue weighted by Crippen LogP contribution is 2.49. The molecule has 6 nitrogen and oxygen atoms in total. The fourth-order valence-electron chi connectivity index (χ4n) is 4.51. The number of aliphatic carboxylic acids is 1. The highest BCUT2D eigenvalue weighted by Gasteiger charge is 2.38. The molecule has 3 aliphatic rings. The van der Waals surface area contributed by atoms with E-state index in [2.05, 4.69) is 0 Å². The zero-order chi connectivity index (χ0) is 19.3. The molecule has 1 aliphatic heterocycles. The Hall–Kier alpha value is -2.34. The fraction of sp³-hybridized carbons (Fsp3) is 0.545. The molecule has 28 heavy (non-hydrogen) atoms. The van der Waals surface area contributed by atoms with Crippen molar-refractivity contribution in [2.24, 2.45) is 5.92 Å². The van der Waals surface area contributed by atoms with E-state index in [9.17, 15) is 9.90 Å². The Morgan fingerprint density at radius 3 is 2.50 bits per heavy atom. The van der Waals surface area contributed by atoms with Gasteiger partial charge in [-0.2, -0.15) is 0 Å². The Balaban J connectivity index is 1.57. The number of phenolic OH excluding ortho intramolecular Hbond substituents is 1. The van der Waals surface area contributed by atoms with Crippen LogP contribution in [0.15, 0.2) is 18.2 Å². The van der Waals surface area contributed by atoms with Gasteiger partial charge in [-0.15, -0.1) is 0 Å². The van der Waals surface area contributed by atoms with Crippen LogP contribution in [0.1, 0.15) is 61.6 Å². The van der Waals surface area contributed by atoms with Crippen LogP contribution in [0.3, 0.4) is 0 Å². The Morgan fingerprint density at radius 1 is 1.07 bits per heavy atom. The van der Waals surface area contributed by atoms with Crippen molar-refractivity contribution in [3.05, 3.63) is 29.5 Å². The van der Waals surface area contributed by atoms with E-state index in [4.69, 9.17) is 19.6 Å². The summed E-state index contributed by atoms with van der Waals surface area (Å²) in [7, 11) is 0. The molecule has 1 aromatic carbocycles. The lowest BCUT2D eigenvalue weighted by atomic mass is 9.82. The van der Waals surface area contributed by atoms with Crippen molar-refractivity contribution in [1.82, 2.24) is 4.98 Å². The molecule has 0 atom stereocenters. The molecule has 2 saturated carbocycles. The molecule has 148 valence electrons. The Kier molecular flexibility index (Phi) is 4.38. The van der Waals surface area contributed by atoms with Gasteiger partial charge in [0.2, 0.25) is 5.88 Å². The van der Waals surface area contributed by atoms with Crippen molar-refractivity contribution in [3.63, 3.8) is 0 Å². The molecule has 2 aliphatic carbocycles. The predicted octanol–water partition coefficient (Wildman–Crippen LogP) is 3.95. The second kappa shape index (κ2) is 6.92. The number of aromatic hydroxyl groups is 1. The molecule has 5 rings (SSSR count). The highest BCUT2D eigenvalue weighted by atomic mass is 16.5. The molecule has 1 aromatic heterocycles. The maximum atomic E-state index is 11.1. The van der Waals surface area contributed by atoms with E-state index in [-0.39, 0.29) is 17.8 Å². The van der Waals surface area contributed by atoms with Gasteiger partial charge in [0.25, 0.3) is 0 Å². The molecule has 2 heterocycles. The van der Waals surface area contributed by atoms with E-state index in [0.717, 1.165) is 42.5 Å². The quantitative estimate of drug-likeness (QED) is 0.813. The lowest BCUT2D eigenvalue weighted by Gasteiger charge is -2.33. The minimum atomic E-state index is -0.762. The summed E-state index contributed by atoms with van der Waals surface area (Å²) in [5, 5.41) is 21.1. The van der Waals surface area contributed by atoms with Crippen LogP contribution in [0.2, 0.25) is 0 Å². The van der Waals surface area contributed by atoms with Gasteiger partial charge in [-0.1, -0.05) is 6.07 Å². The average Bonchev–Trinajstić information content (AvgIpc) is 3.49. The number of pyridine rings is 1. The second-order valence-electron chi connectivity index (χ2n) is 8.35. The first-order valence-corrected chi connectivity index (χ1v) is 10.2. The summed E-state index contributed by atoms with van der Waals surface area (Å²) in [6.45, 7) is 1.51. The van der Waals surface area contributed by atoms with Crippen LogP contribution in [0.5, 0.6) is 11.6 Å². The third-order valence-corrected chi connectivity index (χ3v) is 6.34. The van der Waals surface area contributed by atoms with E-state index < -0.39 is 5.97 Å². The molecule has 2 aromatic rings. The Bertz CT molecular complexity index is 911. The van der Waals surface area contributed by atoms with Gasteiger partial charge in [0, 0.05) is 24.5 Å². The lowest BCUT2D eigenvalue weighted by Crippen LogP contribution is -2.38. The van der Waals surface area contributed by atoms with Crippen molar-refractivity contribution in [1.29, 1.82) is 0 Å². The molecular formula is C22H25NO5. The smallest absolute Gasteiger partial charge is 0.306 e. The summed E-state index contributed by atoms with van der Waals surface area (Å²) >= 11 is 0. The van der Waals surface area contributed by atoms with Crippen molar-refractivity contribution in [2.45, 2.75) is 56.5 Å². The summed E-state index contributed by atoms with van der Waals surface area (Å²) in [6, 6.07) is 5.44. The zero-order valence-electron chi connectivity index (χ0n) is 15.8. The molecule has 0 spiro atoms. The number of hydrogen-bond donors (Lipinski definition) is 2. The van der Waals surface area contributed by atoms with Crippen molar-refractivity contribution in [2.75, 3.05) is 13.2 Å². The maximum Gasteiger partial charge on any atom is 0.306 e. The number of rotatable bonds is 5. The summed E-state index contributed by atoms with van der Waals surface area (Å²) in [5.41, 5.74) is 2.43. The molecule has 3 fully saturated rings. The number of carbonyl (C=O) groups is 1. The van der Waals surface area contributed by atoms with Gasteiger partial charge in [-0.3, -0.25) is 4.79 Å². The van der Waals surface area contributed by atoms with Crippen LogP contribution in [0, 0.1) is 5.92 Å². The minimum absolute atomic E-state index is 0.131. The molecule has 0 unspecified atom stereocenters. The second-order valence-corrected chi connectivity index (χ2v) is 8.35. The first-order valence-electron chi connectivity index (χ1n) is 10.2. The minimum Gasteiger partial charge on any atom is -0.508 e. The van der Waals surface area contributed by atoms with Crippen molar-refractivity contribution in [3.8, 4) is 11.6 Å². The number of hydrogen-bond acceptors (Lipinski definition) is 5. The Labute approximate surface area is 163 Å². The number of fused-ring (bicyclic) bond motifs is 1. The number of ether oxygens (including phenoxy) is 2. The van der Waals surface area contributed by atoms with E-state index in [1.165, 1.54) is 18.4 Å². The van der Waals surface area contributed by atoms with Crippen LogP contribution >= 0.6 is 0 Å². The van der Waals surface area contributed by atoms with Gasteiger partial charge >= 0.3 is 5.97 Å². The zero-order valence-corrected chi connectivity index (χ0v) is 15.8. The molecule has 2 N–H and O–H groups in total. The fourth-order valence-corrected chi connectivity index (χ4v) is 4.51. The number of phenols is 1. The molecule has 1 saturated heterocycles. The van der Waals surface area contributed by atoms with E-state index in [0.29, 0.717) is 30.6 Å². The van der Waals surface area contributed by atoms with Crippen LogP contribution in [-0.4, -0.2) is 40.5 Å². The first kappa shape index (κ1) is 17.7. The van der Waals surface area contributed by atoms with Crippen LogP contribution in [0.4, 0.5) is 0 Å². The number of aromatic nitrogens is 1. The van der Waals surface area contributed by atoms with Crippen LogP contribution in [0.25, 0.3) is 10.8 Å². The van der Waals surface area contributed by atoms with Gasteiger partial charge in [-0.05, 0) is 67.5 Å². The van der Waals surface area contributed by atoms with E-state index in [1.807, 2.05) is 6.07 Å². The predicted molar refractivity (Wildman–Crippen MR) is 103 cm³/mol. The number of benzene rings is 1. The van der Waals surface area contributed by atoms with Gasteiger partial charge in [0.1, 0.15) is 11.9 Å². The van der Waals surface area contributed by atoms with Crippen LogP contribution < -0.4 is 4.74 Å². The number of carboxylic acids is 1. The molecule has 0 radical (unpaired) electrons. The number of carboxylic acid groups (broad SMARTS) is 1. The first-order chi connectivity index (χ1) is 13.6. The van der Waals surface area contributed by atoms with Crippen molar-refractivity contribution < 1.29 is 24.5 Å². The molecule has 6 heteroatoms. The monoisotopic (exact) mass is 383 g/mol. The maximum absolute atomic E-state index is 11.1. The summed E-state index contributed by atoms with van der Waals surface area (Å²) in [6.07, 6.45) is 5.16. The number of nitrogens with zero attached hydrogens (tertiary/aromatic N) is 1. The van der Waals surface area contributed by atoms with Gasteiger partial charge in [0.05, 0.1) is 11.6 Å². The topological polar surface area (TPSA) is 88.9 Å². The van der Waals surface area contributed by atoms with Gasteiger partial charge in [-0.25, -0.2) is 4.98 Å². The SMILES string of the molecule is O=C(O)[C@H]1C[C@H](Oc2nc(C3CCOCC3)c(C3CC3)c3ccc(O)cc23)C1. The summed E-state index contributed by atoms with van der Waals surface area (Å²) < 4.78 is 11.7. The molecular weight excluding hydrogens is 358 g/mol. The van der Waals surface area contributed by atoms with E-state index >= 15 is 0 Å². The van der Waals surface area contributed by atoms with Gasteiger partial charge in [0.15, 0.2) is 0 Å². The van der Waals surface area contributed by atoms with E-state index in [1.54, 1.807) is 12.1 Å². The Morgan fingerprint density at radius 2 is 1.82 bits per heavy atom. The third kappa shape index (κ3) is 3.20. The van der Waals surface area contributed by atoms with Crippen molar-refractivity contribution >= 4 is 16.7 Å². The van der Waals surface area contributed by atoms with Gasteiger partial charge < -0.3 is 19.7 Å². The normalized spacial score (nSPS) is 25.4. The lowest BCUT2D eigenvalue weighted by molar-refractivity contribution is -0.148. The molecule has 0 amide bonds. The summed E-state index contributed by atoms with van der Waals surface area (Å²) in [5.74, 6) is 0.527. The third-order valence-electron chi connectivity index (χ3n) is 6.34. The molecule has 0 bridgehead atoms. The van der Waals surface area contributed by atoms with Crippen LogP contribution in [-0.2, 0) is 9.53 Å². The largest absolute Gasteiger partial charge is 0.508 e. The summed E-state index contributed by atoms with van der Waals surface area (Å²) in [4.78, 5) is 16.1. The standard InChI is InChI=1S/C22H25NO5/c24-15-3-4-17-18(11-15)21(28-16-9-14(10-16)22(25)26)23-20(19(17)12-1-2-12)13-5-7-27-8-6-13/h3-4,11-14,16,24H,1-2,5-10H2,(H,25,26)/t14-,16-. The average molecular weight is 383 g/mol. The highest BCUT2D eigenvalue weighted by molar-refractivity contribution is 5.92.